The van der Waals surface area contributed by atoms with Crippen LogP contribution in [0.2, 0.25) is 5.02 Å². The van der Waals surface area contributed by atoms with Gasteiger partial charge in [0.15, 0.2) is 16.7 Å². The highest BCUT2D eigenvalue weighted by Crippen LogP contribution is 2.38. The van der Waals surface area contributed by atoms with Crippen LogP contribution in [0.3, 0.4) is 0 Å². The van der Waals surface area contributed by atoms with Crippen LogP contribution in [0.25, 0.3) is 10.9 Å². The third-order valence-corrected chi connectivity index (χ3v) is 7.24. The van der Waals surface area contributed by atoms with Crippen LogP contribution < -0.4 is 15.0 Å². The van der Waals surface area contributed by atoms with E-state index >= 15 is 0 Å². The van der Waals surface area contributed by atoms with Crippen LogP contribution in [0.5, 0.6) is 11.5 Å². The summed E-state index contributed by atoms with van der Waals surface area (Å²) in [4.78, 5) is 32.8. The Kier molecular flexibility index (Phi) is 6.52. The summed E-state index contributed by atoms with van der Waals surface area (Å²) < 4.78 is 12.9. The Labute approximate surface area is 206 Å². The Morgan fingerprint density at radius 1 is 1.21 bits per heavy atom. The first-order valence-electron chi connectivity index (χ1n) is 11.2. The number of ether oxygens (including phenoxy) is 2. The summed E-state index contributed by atoms with van der Waals surface area (Å²) in [7, 11) is 0. The number of benzene rings is 2. The highest BCUT2D eigenvalue weighted by atomic mass is 35.5. The van der Waals surface area contributed by atoms with Gasteiger partial charge in [0.25, 0.3) is 5.56 Å². The Bertz CT molecular complexity index is 1330. The molecule has 0 unspecified atom stereocenters. The standard InChI is InChI=1S/C25H24ClN3O4S/c1-2-9-29-24(31)18-14-17(26)6-7-19(18)27-25(29)34-15-23(30)28-10-3-4-20(28)16-5-8-21-22(13-16)33-12-11-32-21/h2,5-8,13-14,20H,1,3-4,9-12,15H2/t20-/m1/s1. The lowest BCUT2D eigenvalue weighted by molar-refractivity contribution is -0.129. The fourth-order valence-corrected chi connectivity index (χ4v) is 5.53. The zero-order valence-electron chi connectivity index (χ0n) is 18.5. The van der Waals surface area contributed by atoms with E-state index in [4.69, 9.17) is 21.1 Å². The number of nitrogens with zero attached hydrogens (tertiary/aromatic N) is 3. The molecule has 1 aromatic heterocycles. The van der Waals surface area contributed by atoms with Crippen LogP contribution in [-0.4, -0.2) is 45.9 Å². The largest absolute Gasteiger partial charge is 0.486 e. The van der Waals surface area contributed by atoms with Gasteiger partial charge < -0.3 is 14.4 Å². The summed E-state index contributed by atoms with van der Waals surface area (Å²) in [5, 5.41) is 1.41. The molecule has 1 amide bonds. The van der Waals surface area contributed by atoms with E-state index in [0.717, 1.165) is 29.9 Å². The highest BCUT2D eigenvalue weighted by molar-refractivity contribution is 7.99. The lowest BCUT2D eigenvalue weighted by Crippen LogP contribution is -2.32. The van der Waals surface area contributed by atoms with E-state index in [2.05, 4.69) is 11.6 Å². The van der Waals surface area contributed by atoms with E-state index in [-0.39, 0.29) is 23.3 Å². The number of thioether (sulfide) groups is 1. The third kappa shape index (κ3) is 4.40. The van der Waals surface area contributed by atoms with Crippen molar-refractivity contribution in [3.8, 4) is 11.5 Å². The maximum atomic E-state index is 13.2. The summed E-state index contributed by atoms with van der Waals surface area (Å²) in [6.07, 6.45) is 3.47. The van der Waals surface area contributed by atoms with Crippen LogP contribution in [0.15, 0.2) is 59.0 Å². The summed E-state index contributed by atoms with van der Waals surface area (Å²) in [5.74, 6) is 1.67. The first-order chi connectivity index (χ1) is 16.5. The molecule has 9 heteroatoms. The molecule has 2 aliphatic rings. The number of aromatic nitrogens is 2. The van der Waals surface area contributed by atoms with Crippen molar-refractivity contribution in [2.24, 2.45) is 0 Å². The number of allylic oxidation sites excluding steroid dienone is 1. The minimum Gasteiger partial charge on any atom is -0.486 e. The molecule has 0 spiro atoms. The average molecular weight is 498 g/mol. The molecular weight excluding hydrogens is 474 g/mol. The molecule has 1 saturated heterocycles. The molecule has 0 radical (unpaired) electrons. The van der Waals surface area contributed by atoms with E-state index in [9.17, 15) is 9.59 Å². The number of hydrogen-bond acceptors (Lipinski definition) is 6. The van der Waals surface area contributed by atoms with Crippen LogP contribution in [0.1, 0.15) is 24.4 Å². The van der Waals surface area contributed by atoms with Crippen molar-refractivity contribution in [1.82, 2.24) is 14.5 Å². The molecule has 5 rings (SSSR count). The second-order valence-corrected chi connectivity index (χ2v) is 9.58. The molecule has 7 nitrogen and oxygen atoms in total. The van der Waals surface area contributed by atoms with Crippen molar-refractivity contribution in [3.05, 3.63) is 70.0 Å². The monoisotopic (exact) mass is 497 g/mol. The molecule has 34 heavy (non-hydrogen) atoms. The number of amides is 1. The molecule has 2 aliphatic heterocycles. The molecule has 0 bridgehead atoms. The SMILES string of the molecule is C=CCn1c(SCC(=O)N2CCC[C@@H]2c2ccc3c(c2)OCCO3)nc2ccc(Cl)cc2c1=O. The van der Waals surface area contributed by atoms with Gasteiger partial charge >= 0.3 is 0 Å². The number of rotatable bonds is 6. The predicted octanol–water partition coefficient (Wildman–Crippen LogP) is 4.46. The molecule has 0 N–H and O–H groups in total. The maximum absolute atomic E-state index is 13.2. The highest BCUT2D eigenvalue weighted by Gasteiger charge is 2.31. The summed E-state index contributed by atoms with van der Waals surface area (Å²) in [5.41, 5.74) is 1.40. The molecule has 1 fully saturated rings. The van der Waals surface area contributed by atoms with Crippen molar-refractivity contribution in [1.29, 1.82) is 0 Å². The zero-order chi connectivity index (χ0) is 23.7. The van der Waals surface area contributed by atoms with Crippen molar-refractivity contribution >= 4 is 40.2 Å². The lowest BCUT2D eigenvalue weighted by Gasteiger charge is -2.26. The van der Waals surface area contributed by atoms with E-state index in [1.165, 1.54) is 16.3 Å². The summed E-state index contributed by atoms with van der Waals surface area (Å²) >= 11 is 7.34. The van der Waals surface area contributed by atoms with Gasteiger partial charge in [0.2, 0.25) is 5.91 Å². The van der Waals surface area contributed by atoms with Gasteiger partial charge in [0.05, 0.1) is 22.7 Å². The normalized spacial score (nSPS) is 17.2. The fraction of sp³-hybridized carbons (Fsp3) is 0.320. The Balaban J connectivity index is 1.36. The minimum atomic E-state index is -0.197. The molecular formula is C25H24ClN3O4S. The first kappa shape index (κ1) is 22.8. The molecule has 176 valence electrons. The smallest absolute Gasteiger partial charge is 0.262 e. The van der Waals surface area contributed by atoms with Crippen LogP contribution in [0.4, 0.5) is 0 Å². The molecule has 3 heterocycles. The summed E-state index contributed by atoms with van der Waals surface area (Å²) in [6, 6.07) is 10.9. The Hall–Kier alpha value is -2.97. The van der Waals surface area contributed by atoms with Gasteiger partial charge in [-0.1, -0.05) is 35.5 Å². The number of carbonyl (C=O) groups is 1. The molecule has 3 aromatic rings. The van der Waals surface area contributed by atoms with Gasteiger partial charge in [-0.3, -0.25) is 14.2 Å². The van der Waals surface area contributed by atoms with Gasteiger partial charge in [-0.15, -0.1) is 6.58 Å². The Morgan fingerprint density at radius 2 is 2.03 bits per heavy atom. The van der Waals surface area contributed by atoms with Crippen molar-refractivity contribution < 1.29 is 14.3 Å². The van der Waals surface area contributed by atoms with E-state index in [1.807, 2.05) is 23.1 Å². The van der Waals surface area contributed by atoms with Crippen molar-refractivity contribution in [2.45, 2.75) is 30.6 Å². The number of halogens is 1. The van der Waals surface area contributed by atoms with E-state index in [0.29, 0.717) is 47.4 Å². The molecule has 1 atom stereocenters. The number of carbonyl (C=O) groups excluding carboxylic acids is 1. The molecule has 0 aliphatic carbocycles. The van der Waals surface area contributed by atoms with E-state index < -0.39 is 0 Å². The first-order valence-corrected chi connectivity index (χ1v) is 12.5. The minimum absolute atomic E-state index is 0.00833. The molecule has 2 aromatic carbocycles. The third-order valence-electron chi connectivity index (χ3n) is 6.04. The van der Waals surface area contributed by atoms with Crippen LogP contribution in [0, 0.1) is 0 Å². The summed E-state index contributed by atoms with van der Waals surface area (Å²) in [6.45, 7) is 5.82. The van der Waals surface area contributed by atoms with E-state index in [1.54, 1.807) is 24.3 Å². The number of hydrogen-bond donors (Lipinski definition) is 0. The van der Waals surface area contributed by atoms with Gasteiger partial charge in [-0.05, 0) is 48.7 Å². The maximum Gasteiger partial charge on any atom is 0.262 e. The Morgan fingerprint density at radius 3 is 2.85 bits per heavy atom. The van der Waals surface area contributed by atoms with Crippen LogP contribution >= 0.6 is 23.4 Å². The fourth-order valence-electron chi connectivity index (χ4n) is 4.46. The van der Waals surface area contributed by atoms with Gasteiger partial charge in [-0.2, -0.15) is 0 Å². The van der Waals surface area contributed by atoms with Crippen LogP contribution in [-0.2, 0) is 11.3 Å². The quantitative estimate of drug-likeness (QED) is 0.284. The second-order valence-electron chi connectivity index (χ2n) is 8.20. The predicted molar refractivity (Wildman–Crippen MR) is 133 cm³/mol. The second kappa shape index (κ2) is 9.72. The van der Waals surface area contributed by atoms with Gasteiger partial charge in [-0.25, -0.2) is 4.98 Å². The van der Waals surface area contributed by atoms with Crippen molar-refractivity contribution in [3.63, 3.8) is 0 Å². The lowest BCUT2D eigenvalue weighted by atomic mass is 10.0. The average Bonchev–Trinajstić information content (AvgIpc) is 3.35. The molecule has 0 saturated carbocycles. The van der Waals surface area contributed by atoms with Crippen molar-refractivity contribution in [2.75, 3.05) is 25.5 Å². The van der Waals surface area contributed by atoms with Gasteiger partial charge in [0.1, 0.15) is 13.2 Å². The number of fused-ring (bicyclic) bond motifs is 2. The number of likely N-dealkylation sites (tertiary alicyclic amines) is 1. The topological polar surface area (TPSA) is 73.7 Å². The zero-order valence-corrected chi connectivity index (χ0v) is 20.1. The van der Waals surface area contributed by atoms with Gasteiger partial charge in [0, 0.05) is 18.1 Å².